The van der Waals surface area contributed by atoms with Crippen molar-refractivity contribution in [2.75, 3.05) is 19.6 Å². The molecule has 2 heterocycles. The molecule has 5 nitrogen and oxygen atoms in total. The highest BCUT2D eigenvalue weighted by molar-refractivity contribution is 5.92. The van der Waals surface area contributed by atoms with E-state index in [9.17, 15) is 4.79 Å². The van der Waals surface area contributed by atoms with E-state index in [2.05, 4.69) is 32.3 Å². The van der Waals surface area contributed by atoms with E-state index in [0.29, 0.717) is 5.69 Å². The summed E-state index contributed by atoms with van der Waals surface area (Å²) in [5.41, 5.74) is 2.28. The third kappa shape index (κ3) is 4.13. The van der Waals surface area contributed by atoms with Crippen LogP contribution < -0.4 is 5.32 Å². The van der Waals surface area contributed by atoms with Gasteiger partial charge in [0.25, 0.3) is 5.91 Å². The lowest BCUT2D eigenvalue weighted by Gasteiger charge is -2.24. The van der Waals surface area contributed by atoms with Gasteiger partial charge in [-0.1, -0.05) is 30.3 Å². The normalized spacial score (nSPS) is 16.2. The Morgan fingerprint density at radius 3 is 2.57 bits per heavy atom. The summed E-state index contributed by atoms with van der Waals surface area (Å²) in [4.78, 5) is 23.2. The van der Waals surface area contributed by atoms with Crippen molar-refractivity contribution in [3.8, 4) is 0 Å². The minimum Gasteiger partial charge on any atom is -0.343 e. The van der Waals surface area contributed by atoms with Crippen LogP contribution in [0.1, 0.15) is 40.6 Å². The van der Waals surface area contributed by atoms with Crippen LogP contribution in [0.15, 0.2) is 42.7 Å². The van der Waals surface area contributed by atoms with Gasteiger partial charge in [-0.05, 0) is 38.4 Å². The van der Waals surface area contributed by atoms with Gasteiger partial charge in [-0.15, -0.1) is 0 Å². The predicted octanol–water partition coefficient (Wildman–Crippen LogP) is 2.35. The molecule has 0 aliphatic carbocycles. The van der Waals surface area contributed by atoms with Gasteiger partial charge in [0.05, 0.1) is 17.9 Å². The van der Waals surface area contributed by atoms with E-state index >= 15 is 0 Å². The molecule has 1 aliphatic rings. The molecule has 0 bridgehead atoms. The Morgan fingerprint density at radius 1 is 1.17 bits per heavy atom. The van der Waals surface area contributed by atoms with Crippen molar-refractivity contribution in [2.45, 2.75) is 25.8 Å². The topological polar surface area (TPSA) is 58.1 Å². The number of benzene rings is 1. The highest BCUT2D eigenvalue weighted by Gasteiger charge is 2.21. The van der Waals surface area contributed by atoms with E-state index in [-0.39, 0.29) is 11.9 Å². The molecule has 120 valence electrons. The molecule has 1 aliphatic heterocycles. The molecule has 1 aromatic carbocycles. The maximum Gasteiger partial charge on any atom is 0.272 e. The van der Waals surface area contributed by atoms with Crippen LogP contribution in [0.3, 0.4) is 0 Å². The molecule has 23 heavy (non-hydrogen) atoms. The molecule has 0 spiro atoms. The molecular weight excluding hydrogens is 288 g/mol. The Balaban J connectivity index is 1.74. The first kappa shape index (κ1) is 15.6. The van der Waals surface area contributed by atoms with Gasteiger partial charge < -0.3 is 10.2 Å². The van der Waals surface area contributed by atoms with Crippen molar-refractivity contribution < 1.29 is 4.79 Å². The van der Waals surface area contributed by atoms with Gasteiger partial charge in [-0.3, -0.25) is 9.78 Å². The van der Waals surface area contributed by atoms with Gasteiger partial charge in [-0.25, -0.2) is 4.98 Å². The fraction of sp³-hybridized carbons (Fsp3) is 0.389. The zero-order valence-corrected chi connectivity index (χ0v) is 13.4. The summed E-state index contributed by atoms with van der Waals surface area (Å²) in [7, 11) is 0. The van der Waals surface area contributed by atoms with Crippen LogP contribution in [0.25, 0.3) is 0 Å². The van der Waals surface area contributed by atoms with Gasteiger partial charge in [-0.2, -0.15) is 0 Å². The van der Waals surface area contributed by atoms with Gasteiger partial charge in [0, 0.05) is 12.7 Å². The maximum atomic E-state index is 12.5. The van der Waals surface area contributed by atoms with Crippen LogP contribution >= 0.6 is 0 Å². The minimum absolute atomic E-state index is 0.0371. The lowest BCUT2D eigenvalue weighted by Crippen LogP contribution is -2.37. The monoisotopic (exact) mass is 310 g/mol. The fourth-order valence-electron chi connectivity index (χ4n) is 2.89. The Kier molecular flexibility index (Phi) is 4.98. The zero-order chi connectivity index (χ0) is 16.1. The second-order valence-corrected chi connectivity index (χ2v) is 5.99. The Hall–Kier alpha value is -2.27. The number of carbonyl (C=O) groups is 1. The highest BCUT2D eigenvalue weighted by atomic mass is 16.1. The molecule has 1 amide bonds. The average Bonchev–Trinajstić information content (AvgIpc) is 3.09. The molecule has 2 aromatic rings. The molecule has 5 heteroatoms. The number of nitrogens with one attached hydrogen (secondary N) is 1. The summed E-state index contributed by atoms with van der Waals surface area (Å²) in [6, 6.07) is 10.1. The van der Waals surface area contributed by atoms with Crippen molar-refractivity contribution in [3.63, 3.8) is 0 Å². The third-order valence-electron chi connectivity index (χ3n) is 4.16. The molecule has 0 radical (unpaired) electrons. The minimum atomic E-state index is -0.175. The van der Waals surface area contributed by atoms with Crippen LogP contribution in [0, 0.1) is 6.92 Å². The summed E-state index contributed by atoms with van der Waals surface area (Å²) < 4.78 is 0. The fourth-order valence-corrected chi connectivity index (χ4v) is 2.89. The molecule has 0 unspecified atom stereocenters. The number of likely N-dealkylation sites (tertiary alicyclic amines) is 1. The number of amides is 1. The highest BCUT2D eigenvalue weighted by Crippen LogP contribution is 2.18. The number of carbonyl (C=O) groups excluding carboxylic acids is 1. The van der Waals surface area contributed by atoms with E-state index in [4.69, 9.17) is 0 Å². The maximum absolute atomic E-state index is 12.5. The SMILES string of the molecule is Cc1cnc(C(=O)N[C@@H](CN2CCCC2)c2ccccc2)cn1. The number of nitrogens with zero attached hydrogens (tertiary/aromatic N) is 3. The third-order valence-corrected chi connectivity index (χ3v) is 4.16. The molecular formula is C18H22N4O. The van der Waals surface area contributed by atoms with Crippen LogP contribution in [0.4, 0.5) is 0 Å². The Labute approximate surface area is 136 Å². The lowest BCUT2D eigenvalue weighted by atomic mass is 10.1. The Morgan fingerprint density at radius 2 is 1.91 bits per heavy atom. The summed E-state index contributed by atoms with van der Waals surface area (Å²) in [5.74, 6) is -0.175. The zero-order valence-electron chi connectivity index (χ0n) is 13.4. The Bertz CT molecular complexity index is 636. The van der Waals surface area contributed by atoms with Crippen LogP contribution in [-0.4, -0.2) is 40.4 Å². The van der Waals surface area contributed by atoms with Gasteiger partial charge >= 0.3 is 0 Å². The van der Waals surface area contributed by atoms with Crippen molar-refractivity contribution in [3.05, 3.63) is 59.7 Å². The van der Waals surface area contributed by atoms with E-state index < -0.39 is 0 Å². The second kappa shape index (κ2) is 7.33. The molecule has 1 fully saturated rings. The van der Waals surface area contributed by atoms with E-state index in [1.807, 2.05) is 25.1 Å². The van der Waals surface area contributed by atoms with Crippen LogP contribution in [0.5, 0.6) is 0 Å². The smallest absolute Gasteiger partial charge is 0.272 e. The molecule has 1 N–H and O–H groups in total. The van der Waals surface area contributed by atoms with Crippen molar-refractivity contribution in [1.82, 2.24) is 20.2 Å². The molecule has 1 atom stereocenters. The lowest BCUT2D eigenvalue weighted by molar-refractivity contribution is 0.0921. The summed E-state index contributed by atoms with van der Waals surface area (Å²) in [6.07, 6.45) is 5.62. The quantitative estimate of drug-likeness (QED) is 0.921. The summed E-state index contributed by atoms with van der Waals surface area (Å²) in [6.45, 7) is 4.89. The van der Waals surface area contributed by atoms with E-state index in [0.717, 1.165) is 30.9 Å². The summed E-state index contributed by atoms with van der Waals surface area (Å²) in [5, 5.41) is 3.11. The summed E-state index contributed by atoms with van der Waals surface area (Å²) >= 11 is 0. The second-order valence-electron chi connectivity index (χ2n) is 5.99. The largest absolute Gasteiger partial charge is 0.343 e. The number of aromatic nitrogens is 2. The van der Waals surface area contributed by atoms with Crippen molar-refractivity contribution in [2.24, 2.45) is 0 Å². The van der Waals surface area contributed by atoms with Gasteiger partial charge in [0.1, 0.15) is 5.69 Å². The number of hydrogen-bond acceptors (Lipinski definition) is 4. The first-order chi connectivity index (χ1) is 11.2. The van der Waals surface area contributed by atoms with E-state index in [1.165, 1.54) is 19.0 Å². The molecule has 1 aromatic heterocycles. The first-order valence-corrected chi connectivity index (χ1v) is 8.09. The van der Waals surface area contributed by atoms with Crippen LogP contribution in [0.2, 0.25) is 0 Å². The molecule has 3 rings (SSSR count). The average molecular weight is 310 g/mol. The standard InChI is InChI=1S/C18H22N4O/c1-14-11-20-16(12-19-14)18(23)21-17(13-22-9-5-6-10-22)15-7-3-2-4-8-15/h2-4,7-8,11-12,17H,5-6,9-10,13H2,1H3,(H,21,23)/t17-/m0/s1. The van der Waals surface area contributed by atoms with Crippen molar-refractivity contribution in [1.29, 1.82) is 0 Å². The van der Waals surface area contributed by atoms with Crippen LogP contribution in [-0.2, 0) is 0 Å². The van der Waals surface area contributed by atoms with Gasteiger partial charge in [0.15, 0.2) is 0 Å². The van der Waals surface area contributed by atoms with Crippen molar-refractivity contribution >= 4 is 5.91 Å². The predicted molar refractivity (Wildman–Crippen MR) is 89.1 cm³/mol. The van der Waals surface area contributed by atoms with E-state index in [1.54, 1.807) is 6.20 Å². The number of hydrogen-bond donors (Lipinski definition) is 1. The molecule has 1 saturated heterocycles. The number of rotatable bonds is 5. The first-order valence-electron chi connectivity index (χ1n) is 8.09. The molecule has 0 saturated carbocycles. The van der Waals surface area contributed by atoms with Gasteiger partial charge in [0.2, 0.25) is 0 Å². The number of aryl methyl sites for hydroxylation is 1.